The van der Waals surface area contributed by atoms with Gasteiger partial charge in [-0.1, -0.05) is 0 Å². The summed E-state index contributed by atoms with van der Waals surface area (Å²) in [5.74, 6) is 9.90. The van der Waals surface area contributed by atoms with Crippen molar-refractivity contribution in [3.8, 4) is 29.8 Å². The topological polar surface area (TPSA) is 37.0 Å². The molecule has 0 aromatic rings. The molecule has 0 fully saturated rings. The van der Waals surface area contributed by atoms with Crippen LogP contribution in [-0.2, 0) is 9.45 Å². The van der Waals surface area contributed by atoms with E-state index in [4.69, 9.17) is 0 Å². The molecule has 0 rings (SSSR count). The minimum absolute atomic E-state index is 0.972. The van der Waals surface area contributed by atoms with Gasteiger partial charge in [0.15, 0.2) is 0 Å². The summed E-state index contributed by atoms with van der Waals surface area (Å²) in [6.07, 6.45) is 2.29. The maximum atomic E-state index is 9.43. The van der Waals surface area contributed by atoms with Crippen LogP contribution in [0.2, 0.25) is 0 Å². The van der Waals surface area contributed by atoms with Crippen molar-refractivity contribution in [3.63, 3.8) is 0 Å². The van der Waals surface area contributed by atoms with Gasteiger partial charge in [-0.25, -0.2) is 0 Å². The number of hydrogen-bond acceptors (Lipinski definition) is 1. The molecule has 0 bridgehead atoms. The Labute approximate surface area is 52.3 Å². The second-order valence-electron chi connectivity index (χ2n) is 0.884. The average molecular weight is 117 g/mol. The molecule has 0 aromatic carbocycles. The molecule has 0 aliphatic heterocycles. The molecule has 40 valence electrons. The minimum atomic E-state index is 0.972. The zero-order valence-corrected chi connectivity index (χ0v) is 4.39. The Morgan fingerprint density at radius 3 is 2.56 bits per heavy atom. The van der Waals surface area contributed by atoms with Gasteiger partial charge in [0.25, 0.3) is 0 Å². The normalized spacial score (nSPS) is 3.89. The summed E-state index contributed by atoms with van der Waals surface area (Å²) in [5.41, 5.74) is 0. The number of rotatable bonds is 0. The van der Waals surface area contributed by atoms with Crippen molar-refractivity contribution in [2.45, 2.75) is 0 Å². The first kappa shape index (κ1) is 7.31. The molecule has 0 saturated heterocycles. The van der Waals surface area contributed by atoms with Crippen LogP contribution in [-0.4, -0.2) is 5.94 Å². The van der Waals surface area contributed by atoms with E-state index in [-0.39, 0.29) is 0 Å². The molecule has 2 heteroatoms. The molecule has 0 atom stereocenters. The van der Waals surface area contributed by atoms with Crippen LogP contribution < -0.4 is 0 Å². The van der Waals surface area contributed by atoms with Gasteiger partial charge in [-0.05, 0) is 0 Å². The molecule has 0 spiro atoms. The Kier molecular flexibility index (Phi) is 5.13. The zero-order valence-electron chi connectivity index (χ0n) is 4.39. The van der Waals surface area contributed by atoms with Crippen LogP contribution in [0.1, 0.15) is 0 Å². The van der Waals surface area contributed by atoms with Gasteiger partial charge in [0.05, 0.1) is 0 Å². The van der Waals surface area contributed by atoms with Gasteiger partial charge in [0.1, 0.15) is 0 Å². The van der Waals surface area contributed by atoms with Gasteiger partial charge in [-0.2, -0.15) is 0 Å². The molecule has 2 nitrogen and oxygen atoms in total. The van der Waals surface area contributed by atoms with Gasteiger partial charge < -0.3 is 0 Å². The average Bonchev–Trinajstić information content (AvgIpc) is 1.89. The third-order valence-electron chi connectivity index (χ3n) is 0.379. The molecule has 0 N–H and O–H groups in total. The fourth-order valence-corrected chi connectivity index (χ4v) is 0.158. The SMILES string of the molecule is O=C=CC#CC#CC#[O+]. The summed E-state index contributed by atoms with van der Waals surface area (Å²) in [7, 11) is 0. The van der Waals surface area contributed by atoms with Gasteiger partial charge >= 0.3 is 51.3 Å². The van der Waals surface area contributed by atoms with E-state index in [1.54, 1.807) is 0 Å². The van der Waals surface area contributed by atoms with Crippen LogP contribution in [0.25, 0.3) is 0 Å². The molecule has 0 heterocycles. The van der Waals surface area contributed by atoms with E-state index in [1.165, 1.54) is 12.1 Å². The van der Waals surface area contributed by atoms with E-state index in [9.17, 15) is 9.45 Å². The summed E-state index contributed by atoms with van der Waals surface area (Å²) in [6.45, 7) is 0. The number of hydrogen-bond donors (Lipinski definition) is 0. The Morgan fingerprint density at radius 2 is 2.00 bits per heavy atom. The van der Waals surface area contributed by atoms with Crippen LogP contribution in [0.3, 0.4) is 0 Å². The quantitative estimate of drug-likeness (QED) is 0.245. The van der Waals surface area contributed by atoms with Crippen LogP contribution in [0.5, 0.6) is 0 Å². The van der Waals surface area contributed by atoms with Crippen LogP contribution in [0.4, 0.5) is 0 Å². The molecule has 0 aliphatic carbocycles. The number of carbonyl (C=O) groups excluding carboxylic acids is 1. The summed E-state index contributed by atoms with van der Waals surface area (Å²) in [6, 6.07) is 0. The molecule has 0 aliphatic rings. The predicted octanol–water partition coefficient (Wildman–Crippen LogP) is -0.229. The van der Waals surface area contributed by atoms with Crippen molar-refractivity contribution in [1.82, 2.24) is 0 Å². The third kappa shape index (κ3) is 6.31. The molecule has 9 heavy (non-hydrogen) atoms. The van der Waals surface area contributed by atoms with Gasteiger partial charge in [0, 0.05) is 0 Å². The van der Waals surface area contributed by atoms with Gasteiger partial charge in [0.2, 0.25) is 0 Å². The fraction of sp³-hybridized carbons (Fsp3) is 0. The van der Waals surface area contributed by atoms with Crippen molar-refractivity contribution in [2.24, 2.45) is 0 Å². The molecular weight excluding hydrogens is 116 g/mol. The number of allylic oxidation sites excluding steroid dienone is 1. The van der Waals surface area contributed by atoms with Crippen molar-refractivity contribution in [1.29, 1.82) is 0 Å². The Morgan fingerprint density at radius 1 is 1.22 bits per heavy atom. The zero-order chi connectivity index (χ0) is 6.95. The first-order chi connectivity index (χ1) is 4.41. The van der Waals surface area contributed by atoms with E-state index in [0.29, 0.717) is 0 Å². The second kappa shape index (κ2) is 6.31. The molecule has 0 radical (unpaired) electrons. The predicted molar refractivity (Wildman–Crippen MR) is 30.4 cm³/mol. The first-order valence-corrected chi connectivity index (χ1v) is 1.99. The Balaban J connectivity index is 3.94. The van der Waals surface area contributed by atoms with E-state index in [1.807, 2.05) is 5.92 Å². The van der Waals surface area contributed by atoms with Gasteiger partial charge in [-0.3, -0.25) is 0 Å². The third-order valence-corrected chi connectivity index (χ3v) is 0.379. The molecule has 0 amide bonds. The molecular formula is C7HO2+. The Bertz CT molecular complexity index is 279. The van der Waals surface area contributed by atoms with Crippen molar-refractivity contribution in [2.75, 3.05) is 0 Å². The molecule has 0 unspecified atom stereocenters. The maximum absolute atomic E-state index is 9.43. The van der Waals surface area contributed by atoms with Gasteiger partial charge in [-0.15, -0.1) is 0 Å². The van der Waals surface area contributed by atoms with Crippen molar-refractivity contribution >= 4 is 5.94 Å². The van der Waals surface area contributed by atoms with Crippen molar-refractivity contribution < 1.29 is 9.45 Å². The second-order valence-corrected chi connectivity index (χ2v) is 0.884. The van der Waals surface area contributed by atoms with Crippen LogP contribution in [0, 0.1) is 29.8 Å². The molecule has 0 saturated carbocycles. The fourth-order valence-electron chi connectivity index (χ4n) is 0.158. The van der Waals surface area contributed by atoms with E-state index >= 15 is 0 Å². The summed E-state index contributed by atoms with van der Waals surface area (Å²) >= 11 is 0. The summed E-state index contributed by atoms with van der Waals surface area (Å²) in [4.78, 5) is 9.43. The molecule has 0 aromatic heterocycles. The summed E-state index contributed by atoms with van der Waals surface area (Å²) < 4.78 is 9.38. The Hall–Kier alpha value is -1.69. The first-order valence-electron chi connectivity index (χ1n) is 1.99. The van der Waals surface area contributed by atoms with E-state index in [2.05, 4.69) is 17.8 Å². The monoisotopic (exact) mass is 117 g/mol. The van der Waals surface area contributed by atoms with Crippen LogP contribution in [0.15, 0.2) is 6.08 Å². The summed E-state index contributed by atoms with van der Waals surface area (Å²) in [5, 5.41) is 0. The standard InChI is InChI=1S/C7HO2/c8-6-4-2-1-3-5-7-9/h4H/q+1. The van der Waals surface area contributed by atoms with Crippen molar-refractivity contribution in [3.05, 3.63) is 6.08 Å². The van der Waals surface area contributed by atoms with E-state index < -0.39 is 0 Å². The van der Waals surface area contributed by atoms with E-state index in [0.717, 1.165) is 6.08 Å². The van der Waals surface area contributed by atoms with Crippen LogP contribution >= 0.6 is 0 Å².